The number of nitrogens with one attached hydrogen (secondary N) is 1. The number of carbonyl (C=O) groups is 1. The Kier molecular flexibility index (Phi) is 8.32. The van der Waals surface area contributed by atoms with Crippen molar-refractivity contribution in [2.75, 3.05) is 6.54 Å². The van der Waals surface area contributed by atoms with Gasteiger partial charge in [-0.2, -0.15) is 0 Å². The molecule has 1 aromatic rings. The molecule has 1 amide bonds. The van der Waals surface area contributed by atoms with Crippen molar-refractivity contribution < 1.29 is 15.0 Å². The van der Waals surface area contributed by atoms with Crippen molar-refractivity contribution in [1.82, 2.24) is 5.32 Å². The van der Waals surface area contributed by atoms with Gasteiger partial charge >= 0.3 is 0 Å². The molecule has 0 radical (unpaired) electrons. The molecule has 0 saturated heterocycles. The van der Waals surface area contributed by atoms with Gasteiger partial charge in [0.25, 0.3) is 5.91 Å². The van der Waals surface area contributed by atoms with E-state index < -0.39 is 0 Å². The van der Waals surface area contributed by atoms with Crippen LogP contribution in [-0.2, 0) is 0 Å². The van der Waals surface area contributed by atoms with E-state index in [9.17, 15) is 15.0 Å². The van der Waals surface area contributed by atoms with Gasteiger partial charge in [-0.15, -0.1) is 0 Å². The smallest absolute Gasteiger partial charge is 0.255 e. The minimum absolute atomic E-state index is 0.0231. The summed E-state index contributed by atoms with van der Waals surface area (Å²) in [7, 11) is 0. The molecule has 1 rings (SSSR count). The normalized spacial score (nSPS) is 10.5. The molecule has 0 fully saturated rings. The van der Waals surface area contributed by atoms with E-state index in [-0.39, 0.29) is 23.0 Å². The number of hydrogen-bond acceptors (Lipinski definition) is 3. The SMILES string of the molecule is CCCCCCCCCCNC(=O)c1cc(O)ccc1O. The number of benzene rings is 1. The second kappa shape index (κ2) is 10.1. The van der Waals surface area contributed by atoms with E-state index in [0.29, 0.717) is 6.54 Å². The molecule has 0 heterocycles. The molecule has 4 heteroatoms. The summed E-state index contributed by atoms with van der Waals surface area (Å²) in [5.74, 6) is -0.474. The predicted molar refractivity (Wildman–Crippen MR) is 84.7 cm³/mol. The number of aromatic hydroxyl groups is 2. The molecule has 0 bridgehead atoms. The zero-order chi connectivity index (χ0) is 15.5. The summed E-state index contributed by atoms with van der Waals surface area (Å²) in [4.78, 5) is 11.8. The fraction of sp³-hybridized carbons (Fsp3) is 0.588. The highest BCUT2D eigenvalue weighted by Gasteiger charge is 2.11. The largest absolute Gasteiger partial charge is 0.508 e. The van der Waals surface area contributed by atoms with E-state index in [0.717, 1.165) is 12.8 Å². The Morgan fingerprint density at radius 2 is 1.62 bits per heavy atom. The molecule has 3 N–H and O–H groups in total. The Labute approximate surface area is 127 Å². The van der Waals surface area contributed by atoms with Gasteiger partial charge in [-0.25, -0.2) is 0 Å². The van der Waals surface area contributed by atoms with Crippen LogP contribution >= 0.6 is 0 Å². The van der Waals surface area contributed by atoms with Crippen molar-refractivity contribution in [2.24, 2.45) is 0 Å². The van der Waals surface area contributed by atoms with Crippen LogP contribution in [0.1, 0.15) is 68.6 Å². The zero-order valence-corrected chi connectivity index (χ0v) is 12.9. The van der Waals surface area contributed by atoms with Crippen LogP contribution in [0.25, 0.3) is 0 Å². The number of carbonyl (C=O) groups excluding carboxylic acids is 1. The number of amides is 1. The van der Waals surface area contributed by atoms with Gasteiger partial charge in [0.2, 0.25) is 0 Å². The highest BCUT2D eigenvalue weighted by molar-refractivity contribution is 5.97. The van der Waals surface area contributed by atoms with Crippen molar-refractivity contribution >= 4 is 5.91 Å². The van der Waals surface area contributed by atoms with Gasteiger partial charge in [0, 0.05) is 6.54 Å². The van der Waals surface area contributed by atoms with Gasteiger partial charge in [0.05, 0.1) is 5.56 Å². The molecular formula is C17H27NO3. The van der Waals surface area contributed by atoms with Gasteiger partial charge in [-0.3, -0.25) is 4.79 Å². The average molecular weight is 293 g/mol. The van der Waals surface area contributed by atoms with Crippen molar-refractivity contribution in [3.8, 4) is 11.5 Å². The number of unbranched alkanes of at least 4 members (excludes halogenated alkanes) is 7. The first-order chi connectivity index (χ1) is 10.1. The molecule has 1 aromatic carbocycles. The summed E-state index contributed by atoms with van der Waals surface area (Å²) < 4.78 is 0. The average Bonchev–Trinajstić information content (AvgIpc) is 2.48. The third-order valence-corrected chi connectivity index (χ3v) is 3.54. The van der Waals surface area contributed by atoms with Crippen molar-refractivity contribution in [3.63, 3.8) is 0 Å². The standard InChI is InChI=1S/C17H27NO3/c1-2-3-4-5-6-7-8-9-12-18-17(21)15-13-14(19)10-11-16(15)20/h10-11,13,19-20H,2-9,12H2,1H3,(H,18,21). The molecule has 21 heavy (non-hydrogen) atoms. The molecule has 0 aliphatic carbocycles. The summed E-state index contributed by atoms with van der Waals surface area (Å²) in [6.45, 7) is 2.82. The quantitative estimate of drug-likeness (QED) is 0.451. The Bertz CT molecular complexity index is 432. The summed E-state index contributed by atoms with van der Waals surface area (Å²) >= 11 is 0. The third kappa shape index (κ3) is 7.02. The van der Waals surface area contributed by atoms with Crippen LogP contribution in [-0.4, -0.2) is 22.7 Å². The zero-order valence-electron chi connectivity index (χ0n) is 12.9. The Balaban J connectivity index is 2.12. The predicted octanol–water partition coefficient (Wildman–Crippen LogP) is 3.97. The summed E-state index contributed by atoms with van der Waals surface area (Å²) in [6, 6.07) is 3.95. The molecule has 0 spiro atoms. The van der Waals surface area contributed by atoms with Crippen molar-refractivity contribution in [2.45, 2.75) is 58.3 Å². The van der Waals surface area contributed by atoms with Gasteiger partial charge in [0.15, 0.2) is 0 Å². The summed E-state index contributed by atoms with van der Waals surface area (Å²) in [5.41, 5.74) is 0.120. The summed E-state index contributed by atoms with van der Waals surface area (Å²) in [6.07, 6.45) is 9.74. The minimum atomic E-state index is -0.341. The number of rotatable bonds is 10. The second-order valence-electron chi connectivity index (χ2n) is 5.43. The van der Waals surface area contributed by atoms with Crippen LogP contribution in [0.5, 0.6) is 11.5 Å². The van der Waals surface area contributed by atoms with Crippen molar-refractivity contribution in [3.05, 3.63) is 23.8 Å². The third-order valence-electron chi connectivity index (χ3n) is 3.54. The van der Waals surface area contributed by atoms with Gasteiger partial charge < -0.3 is 15.5 Å². The lowest BCUT2D eigenvalue weighted by molar-refractivity contribution is 0.0950. The molecule has 118 valence electrons. The maximum Gasteiger partial charge on any atom is 0.255 e. The van der Waals surface area contributed by atoms with Crippen LogP contribution in [0.4, 0.5) is 0 Å². The molecule has 0 aliphatic rings. The molecule has 0 atom stereocenters. The van der Waals surface area contributed by atoms with Gasteiger partial charge in [-0.05, 0) is 24.6 Å². The highest BCUT2D eigenvalue weighted by atomic mass is 16.3. The lowest BCUT2D eigenvalue weighted by Crippen LogP contribution is -2.24. The molecule has 0 aliphatic heterocycles. The van der Waals surface area contributed by atoms with Crippen LogP contribution in [0.2, 0.25) is 0 Å². The fourth-order valence-corrected chi connectivity index (χ4v) is 2.26. The minimum Gasteiger partial charge on any atom is -0.508 e. The first-order valence-corrected chi connectivity index (χ1v) is 7.95. The fourth-order valence-electron chi connectivity index (χ4n) is 2.26. The second-order valence-corrected chi connectivity index (χ2v) is 5.43. The van der Waals surface area contributed by atoms with E-state index >= 15 is 0 Å². The lowest BCUT2D eigenvalue weighted by Gasteiger charge is -2.07. The van der Waals surface area contributed by atoms with Crippen molar-refractivity contribution in [1.29, 1.82) is 0 Å². The van der Waals surface area contributed by atoms with E-state index in [1.54, 1.807) is 0 Å². The van der Waals surface area contributed by atoms with E-state index in [4.69, 9.17) is 0 Å². The Morgan fingerprint density at radius 1 is 1.00 bits per heavy atom. The first kappa shape index (κ1) is 17.3. The maximum absolute atomic E-state index is 11.8. The first-order valence-electron chi connectivity index (χ1n) is 7.95. The number of phenolic OH excluding ortho intramolecular Hbond substituents is 2. The van der Waals surface area contributed by atoms with Crippen LogP contribution < -0.4 is 5.32 Å². The topological polar surface area (TPSA) is 69.6 Å². The monoisotopic (exact) mass is 293 g/mol. The molecule has 0 unspecified atom stereocenters. The lowest BCUT2D eigenvalue weighted by atomic mass is 10.1. The van der Waals surface area contributed by atoms with Crippen LogP contribution in [0.3, 0.4) is 0 Å². The van der Waals surface area contributed by atoms with E-state index in [1.165, 1.54) is 56.7 Å². The molecular weight excluding hydrogens is 266 g/mol. The van der Waals surface area contributed by atoms with Crippen LogP contribution in [0.15, 0.2) is 18.2 Å². The number of phenols is 2. The maximum atomic E-state index is 11.8. The highest BCUT2D eigenvalue weighted by Crippen LogP contribution is 2.21. The van der Waals surface area contributed by atoms with Gasteiger partial charge in [0.1, 0.15) is 11.5 Å². The molecule has 0 aromatic heterocycles. The van der Waals surface area contributed by atoms with E-state index in [2.05, 4.69) is 12.2 Å². The molecule has 4 nitrogen and oxygen atoms in total. The molecule has 0 saturated carbocycles. The summed E-state index contributed by atoms with van der Waals surface area (Å²) in [5, 5.41) is 21.7. The van der Waals surface area contributed by atoms with Crippen LogP contribution in [0, 0.1) is 0 Å². The van der Waals surface area contributed by atoms with E-state index in [1.807, 2.05) is 0 Å². The Morgan fingerprint density at radius 3 is 2.29 bits per heavy atom. The number of hydrogen-bond donors (Lipinski definition) is 3. The van der Waals surface area contributed by atoms with Gasteiger partial charge in [-0.1, -0.05) is 51.9 Å². The Hall–Kier alpha value is -1.71.